The molecule has 0 aromatic carbocycles. The number of carbonyl (C=O) groups is 2. The Hall–Kier alpha value is -1.70. The minimum absolute atomic E-state index is 0.168. The summed E-state index contributed by atoms with van der Waals surface area (Å²) in [5.74, 6) is 1.01. The molecule has 1 aliphatic rings. The van der Waals surface area contributed by atoms with Crippen molar-refractivity contribution >= 4 is 28.6 Å². The summed E-state index contributed by atoms with van der Waals surface area (Å²) in [7, 11) is 0. The second-order valence-electron chi connectivity index (χ2n) is 3.82. The number of hydrogen-bond donors (Lipinski definition) is 3. The van der Waals surface area contributed by atoms with Crippen molar-refractivity contribution in [2.75, 3.05) is 11.9 Å². The number of hydrogen-bond acceptors (Lipinski definition) is 6. The lowest BCUT2D eigenvalue weighted by Crippen LogP contribution is -2.35. The van der Waals surface area contributed by atoms with Crippen molar-refractivity contribution in [2.24, 2.45) is 5.73 Å². The van der Waals surface area contributed by atoms with Gasteiger partial charge in [-0.25, -0.2) is 9.78 Å². The molecule has 0 aliphatic heterocycles. The molecule has 1 saturated carbocycles. The van der Waals surface area contributed by atoms with Crippen LogP contribution in [0.5, 0.6) is 0 Å². The lowest BCUT2D eigenvalue weighted by molar-refractivity contribution is -0.119. The Morgan fingerprint density at radius 3 is 2.88 bits per heavy atom. The van der Waals surface area contributed by atoms with Gasteiger partial charge in [0, 0.05) is 30.4 Å². The summed E-state index contributed by atoms with van der Waals surface area (Å²) in [5, 5.41) is 5.68. The number of anilines is 1. The first-order valence-electron chi connectivity index (χ1n) is 5.32. The van der Waals surface area contributed by atoms with Gasteiger partial charge in [-0.3, -0.25) is 10.1 Å². The number of primary amides is 1. The number of aromatic nitrogens is 2. The summed E-state index contributed by atoms with van der Waals surface area (Å²) in [6, 6.07) is -0.832. The predicted octanol–water partition coefficient (Wildman–Crippen LogP) is 0.412. The van der Waals surface area contributed by atoms with Crippen LogP contribution in [0.4, 0.5) is 9.93 Å². The number of carbonyl (C=O) groups excluding carboxylic acids is 2. The van der Waals surface area contributed by atoms with Crippen molar-refractivity contribution < 1.29 is 9.59 Å². The van der Waals surface area contributed by atoms with E-state index in [1.54, 1.807) is 0 Å². The van der Waals surface area contributed by atoms with Crippen LogP contribution in [-0.2, 0) is 4.79 Å². The Morgan fingerprint density at radius 2 is 2.24 bits per heavy atom. The van der Waals surface area contributed by atoms with Gasteiger partial charge in [0.2, 0.25) is 11.0 Å². The monoisotopic (exact) mass is 255 g/mol. The van der Waals surface area contributed by atoms with Crippen molar-refractivity contribution in [3.05, 3.63) is 5.82 Å². The molecule has 0 atom stereocenters. The van der Waals surface area contributed by atoms with Crippen molar-refractivity contribution in [3.63, 3.8) is 0 Å². The molecule has 0 unspecified atom stereocenters. The van der Waals surface area contributed by atoms with E-state index < -0.39 is 11.9 Å². The fourth-order valence-corrected chi connectivity index (χ4v) is 1.97. The van der Waals surface area contributed by atoms with E-state index in [4.69, 9.17) is 5.73 Å². The van der Waals surface area contributed by atoms with Gasteiger partial charge in [0.05, 0.1) is 0 Å². The summed E-state index contributed by atoms with van der Waals surface area (Å²) >= 11 is 1.29. The van der Waals surface area contributed by atoms with E-state index >= 15 is 0 Å². The van der Waals surface area contributed by atoms with E-state index in [0.29, 0.717) is 17.6 Å². The summed E-state index contributed by atoms with van der Waals surface area (Å²) in [4.78, 5) is 25.8. The summed E-state index contributed by atoms with van der Waals surface area (Å²) in [5.41, 5.74) is 4.81. The topological polar surface area (TPSA) is 110 Å². The highest BCUT2D eigenvalue weighted by atomic mass is 32.1. The highest BCUT2D eigenvalue weighted by Gasteiger charge is 2.27. The summed E-state index contributed by atoms with van der Waals surface area (Å²) in [6.45, 7) is 0.401. The molecule has 0 bridgehead atoms. The third-order valence-corrected chi connectivity index (χ3v) is 2.96. The number of nitrogens with zero attached hydrogens (tertiary/aromatic N) is 2. The minimum Gasteiger partial charge on any atom is -0.360 e. The fourth-order valence-electron chi connectivity index (χ4n) is 1.30. The molecule has 7 nitrogen and oxygen atoms in total. The largest absolute Gasteiger partial charge is 0.360 e. The van der Waals surface area contributed by atoms with Gasteiger partial charge < -0.3 is 11.1 Å². The first-order chi connectivity index (χ1) is 8.15. The molecular formula is C9H13N5O2S. The molecule has 1 aromatic rings. The normalized spacial score (nSPS) is 14.4. The highest BCUT2D eigenvalue weighted by Crippen LogP contribution is 2.39. The van der Waals surface area contributed by atoms with Gasteiger partial charge in [0.25, 0.3) is 0 Å². The van der Waals surface area contributed by atoms with E-state index in [1.807, 2.05) is 5.32 Å². The molecule has 2 rings (SSSR count). The van der Waals surface area contributed by atoms with Gasteiger partial charge in [0.1, 0.15) is 5.82 Å². The number of amides is 3. The third-order valence-electron chi connectivity index (χ3n) is 2.28. The third kappa shape index (κ3) is 3.66. The van der Waals surface area contributed by atoms with E-state index in [1.165, 1.54) is 11.5 Å². The van der Waals surface area contributed by atoms with Crippen LogP contribution in [0.3, 0.4) is 0 Å². The molecule has 3 amide bonds. The van der Waals surface area contributed by atoms with Crippen LogP contribution in [0.25, 0.3) is 0 Å². The van der Waals surface area contributed by atoms with Crippen molar-refractivity contribution in [1.29, 1.82) is 0 Å². The van der Waals surface area contributed by atoms with E-state index in [-0.39, 0.29) is 6.42 Å². The average Bonchev–Trinajstić information content (AvgIpc) is 2.99. The van der Waals surface area contributed by atoms with Gasteiger partial charge >= 0.3 is 6.03 Å². The molecule has 1 fully saturated rings. The average molecular weight is 255 g/mol. The molecule has 1 aromatic heterocycles. The lowest BCUT2D eigenvalue weighted by Gasteiger charge is -2.01. The second kappa shape index (κ2) is 5.09. The van der Waals surface area contributed by atoms with Gasteiger partial charge in [-0.15, -0.1) is 0 Å². The zero-order chi connectivity index (χ0) is 12.3. The van der Waals surface area contributed by atoms with Crippen LogP contribution in [0.1, 0.15) is 31.0 Å². The highest BCUT2D eigenvalue weighted by molar-refractivity contribution is 7.09. The van der Waals surface area contributed by atoms with Crippen LogP contribution in [0.15, 0.2) is 0 Å². The van der Waals surface area contributed by atoms with Crippen molar-refractivity contribution in [2.45, 2.75) is 25.2 Å². The summed E-state index contributed by atoms with van der Waals surface area (Å²) in [6.07, 6.45) is 2.50. The Kier molecular flexibility index (Phi) is 3.52. The number of urea groups is 1. The quantitative estimate of drug-likeness (QED) is 0.706. The van der Waals surface area contributed by atoms with Gasteiger partial charge in [-0.2, -0.15) is 4.37 Å². The standard InChI is InChI=1S/C9H13N5O2S/c10-8(16)12-6(15)3-4-11-9-13-7(14-17-9)5-1-2-5/h5H,1-4H2,(H,11,13,14)(H3,10,12,15,16). The number of rotatable bonds is 5. The van der Waals surface area contributed by atoms with Crippen molar-refractivity contribution in [1.82, 2.24) is 14.7 Å². The molecule has 0 saturated heterocycles. The maximum Gasteiger partial charge on any atom is 0.318 e. The smallest absolute Gasteiger partial charge is 0.318 e. The first kappa shape index (κ1) is 11.8. The van der Waals surface area contributed by atoms with E-state index in [0.717, 1.165) is 18.7 Å². The van der Waals surface area contributed by atoms with Gasteiger partial charge in [-0.1, -0.05) is 0 Å². The molecule has 1 heterocycles. The van der Waals surface area contributed by atoms with E-state index in [9.17, 15) is 9.59 Å². The SMILES string of the molecule is NC(=O)NC(=O)CCNc1nc(C2CC2)ns1. The maximum atomic E-state index is 11.1. The van der Waals surface area contributed by atoms with Crippen LogP contribution in [0, 0.1) is 0 Å². The Labute approximate surface area is 102 Å². The zero-order valence-corrected chi connectivity index (χ0v) is 9.92. The van der Waals surface area contributed by atoms with Crippen LogP contribution < -0.4 is 16.4 Å². The fraction of sp³-hybridized carbons (Fsp3) is 0.556. The number of nitrogens with two attached hydrogens (primary N) is 1. The number of imide groups is 1. The predicted molar refractivity (Wildman–Crippen MR) is 62.7 cm³/mol. The Balaban J connectivity index is 1.70. The Bertz CT molecular complexity index is 429. The first-order valence-corrected chi connectivity index (χ1v) is 6.09. The zero-order valence-electron chi connectivity index (χ0n) is 9.10. The Morgan fingerprint density at radius 1 is 1.47 bits per heavy atom. The minimum atomic E-state index is -0.832. The molecule has 1 aliphatic carbocycles. The van der Waals surface area contributed by atoms with Gasteiger partial charge in [0.15, 0.2) is 0 Å². The van der Waals surface area contributed by atoms with Crippen LogP contribution in [0.2, 0.25) is 0 Å². The van der Waals surface area contributed by atoms with E-state index in [2.05, 4.69) is 14.7 Å². The molecule has 8 heteroatoms. The van der Waals surface area contributed by atoms with Crippen LogP contribution >= 0.6 is 11.5 Å². The van der Waals surface area contributed by atoms with Crippen LogP contribution in [-0.4, -0.2) is 27.8 Å². The molecule has 92 valence electrons. The molecule has 0 radical (unpaired) electrons. The number of nitrogens with one attached hydrogen (secondary N) is 2. The lowest BCUT2D eigenvalue weighted by atomic mass is 10.4. The molecular weight excluding hydrogens is 242 g/mol. The van der Waals surface area contributed by atoms with Crippen molar-refractivity contribution in [3.8, 4) is 0 Å². The van der Waals surface area contributed by atoms with Gasteiger partial charge in [-0.05, 0) is 12.8 Å². The molecule has 0 spiro atoms. The molecule has 4 N–H and O–H groups in total. The molecule has 17 heavy (non-hydrogen) atoms. The summed E-state index contributed by atoms with van der Waals surface area (Å²) < 4.78 is 4.22. The maximum absolute atomic E-state index is 11.1. The second-order valence-corrected chi connectivity index (χ2v) is 4.57.